The van der Waals surface area contributed by atoms with Crippen LogP contribution in [0.5, 0.6) is 0 Å². The molecular weight excluding hydrogens is 248 g/mol. The molecule has 88 valence electrons. The first-order chi connectivity index (χ1) is 7.25. The van der Waals surface area contributed by atoms with Crippen LogP contribution >= 0.6 is 0 Å². The fourth-order valence-corrected chi connectivity index (χ4v) is 1.09. The Hall–Kier alpha value is -1.51. The van der Waals surface area contributed by atoms with E-state index in [4.69, 9.17) is 14.9 Å². The van der Waals surface area contributed by atoms with Gasteiger partial charge >= 0.3 is 0 Å². The Morgan fingerprint density at radius 3 is 2.19 bits per heavy atom. The summed E-state index contributed by atoms with van der Waals surface area (Å²) < 4.78 is 4.81. The van der Waals surface area contributed by atoms with Gasteiger partial charge in [0.25, 0.3) is 5.95 Å². The van der Waals surface area contributed by atoms with Gasteiger partial charge in [-0.15, -0.1) is 0 Å². The quantitative estimate of drug-likeness (QED) is 0.464. The maximum Gasteiger partial charge on any atom is 0.285 e. The first-order valence-corrected chi connectivity index (χ1v) is 4.47. The van der Waals surface area contributed by atoms with E-state index in [1.165, 1.54) is 7.11 Å². The number of aliphatic hydroxyl groups is 2. The molecule has 2 N–H and O–H groups in total. The van der Waals surface area contributed by atoms with E-state index >= 15 is 0 Å². The Morgan fingerprint density at radius 1 is 1.25 bits per heavy atom. The largest absolute Gasteiger partial charge is 0.496 e. The molecule has 2 rings (SSSR count). The molecule has 1 aromatic rings. The number of methoxy groups -OCH3 is 1. The molecule has 0 atom stereocenters. The van der Waals surface area contributed by atoms with Crippen molar-refractivity contribution in [2.45, 2.75) is 0 Å². The molecule has 0 aliphatic heterocycles. The molecule has 1 aliphatic carbocycles. The van der Waals surface area contributed by atoms with Crippen LogP contribution in [0.3, 0.4) is 0 Å². The van der Waals surface area contributed by atoms with Crippen LogP contribution in [-0.4, -0.2) is 17.3 Å². The van der Waals surface area contributed by atoms with Gasteiger partial charge in [0.2, 0.25) is 0 Å². The molecule has 0 saturated heterocycles. The van der Waals surface area contributed by atoms with Gasteiger partial charge in [0.05, 0.1) is 12.7 Å². The Morgan fingerprint density at radius 2 is 1.88 bits per heavy atom. The molecule has 0 unspecified atom stereocenters. The minimum absolute atomic E-state index is 0. The average Bonchev–Trinajstić information content (AvgIpc) is 2.92. The molecule has 0 aromatic heterocycles. The number of rotatable bonds is 1. The van der Waals surface area contributed by atoms with Crippen LogP contribution in [-0.2, 0) is 21.8 Å². The molecule has 16 heavy (non-hydrogen) atoms. The van der Waals surface area contributed by atoms with Gasteiger partial charge in [0, 0.05) is 17.1 Å². The Bertz CT molecular complexity index is 354. The Balaban J connectivity index is 0.000000318. The molecule has 0 saturated carbocycles. The second kappa shape index (κ2) is 7.74. The van der Waals surface area contributed by atoms with Crippen molar-refractivity contribution < 1.29 is 32.0 Å². The van der Waals surface area contributed by atoms with E-state index in [1.807, 2.05) is 30.3 Å². The fourth-order valence-electron chi connectivity index (χ4n) is 1.09. The molecule has 0 bridgehead atoms. The minimum atomic E-state index is -0.707. The summed E-state index contributed by atoms with van der Waals surface area (Å²) in [6, 6.07) is 10.0. The predicted octanol–water partition coefficient (Wildman–Crippen LogP) is 2.82. The van der Waals surface area contributed by atoms with Crippen molar-refractivity contribution >= 4 is 0 Å². The molecule has 1 aliphatic rings. The second-order valence-electron chi connectivity index (χ2n) is 2.79. The molecule has 1 aromatic carbocycles. The zero-order valence-electron chi connectivity index (χ0n) is 8.78. The summed E-state index contributed by atoms with van der Waals surface area (Å²) in [5, 5.41) is 17.2. The molecule has 0 radical (unpaired) electrons. The standard InChI is InChI=1S/C7H8O3.C5H5.Fe/c1-10-6-4-2-3-5(6)7(8)9;1-2-4-5-3-1;/h2-4,8-9H,1H3;1-5H;/q;-1;. The van der Waals surface area contributed by atoms with Gasteiger partial charge in [-0.1, -0.05) is 6.08 Å². The van der Waals surface area contributed by atoms with Gasteiger partial charge in [-0.05, 0) is 12.2 Å². The number of hydrogen-bond acceptors (Lipinski definition) is 3. The first kappa shape index (κ1) is 14.5. The topological polar surface area (TPSA) is 49.7 Å². The summed E-state index contributed by atoms with van der Waals surface area (Å²) in [6.07, 6.45) is 4.90. The van der Waals surface area contributed by atoms with E-state index in [0.717, 1.165) is 0 Å². The van der Waals surface area contributed by atoms with Crippen LogP contribution in [0.4, 0.5) is 0 Å². The fraction of sp³-hybridized carbons (Fsp3) is 0.0833. The summed E-state index contributed by atoms with van der Waals surface area (Å²) in [6.45, 7) is 0. The SMILES string of the molecule is COC1=CC=CC1=C(O)O.[Fe].c1cc[cH-]c1. The van der Waals surface area contributed by atoms with Crippen LogP contribution < -0.4 is 0 Å². The molecule has 0 amide bonds. The Labute approximate surface area is 105 Å². The maximum atomic E-state index is 8.62. The predicted molar refractivity (Wildman–Crippen MR) is 58.6 cm³/mol. The summed E-state index contributed by atoms with van der Waals surface area (Å²) in [4.78, 5) is 0. The molecule has 0 spiro atoms. The van der Waals surface area contributed by atoms with Crippen molar-refractivity contribution in [3.05, 3.63) is 65.8 Å². The van der Waals surface area contributed by atoms with Crippen molar-refractivity contribution in [3.63, 3.8) is 0 Å². The monoisotopic (exact) mass is 261 g/mol. The van der Waals surface area contributed by atoms with Crippen molar-refractivity contribution in [2.24, 2.45) is 0 Å². The van der Waals surface area contributed by atoms with E-state index < -0.39 is 5.95 Å². The number of ether oxygens (including phenoxy) is 1. The summed E-state index contributed by atoms with van der Waals surface area (Å²) in [7, 11) is 1.47. The third-order valence-electron chi connectivity index (χ3n) is 1.79. The smallest absolute Gasteiger partial charge is 0.285 e. The van der Waals surface area contributed by atoms with Crippen molar-refractivity contribution in [1.29, 1.82) is 0 Å². The van der Waals surface area contributed by atoms with Crippen LogP contribution in [0.15, 0.2) is 65.8 Å². The van der Waals surface area contributed by atoms with E-state index in [0.29, 0.717) is 11.3 Å². The van der Waals surface area contributed by atoms with Gasteiger partial charge in [0.15, 0.2) is 0 Å². The van der Waals surface area contributed by atoms with Crippen molar-refractivity contribution in [3.8, 4) is 0 Å². The van der Waals surface area contributed by atoms with Crippen LogP contribution in [0, 0.1) is 0 Å². The first-order valence-electron chi connectivity index (χ1n) is 4.47. The summed E-state index contributed by atoms with van der Waals surface area (Å²) >= 11 is 0. The van der Waals surface area contributed by atoms with Crippen molar-refractivity contribution in [2.75, 3.05) is 7.11 Å². The van der Waals surface area contributed by atoms with Gasteiger partial charge in [-0.3, -0.25) is 0 Å². The zero-order valence-corrected chi connectivity index (χ0v) is 9.88. The van der Waals surface area contributed by atoms with Crippen molar-refractivity contribution in [1.82, 2.24) is 0 Å². The van der Waals surface area contributed by atoms with E-state index in [1.54, 1.807) is 18.2 Å². The third kappa shape index (κ3) is 4.34. The summed E-state index contributed by atoms with van der Waals surface area (Å²) in [5.74, 6) is -0.234. The molecule has 4 heteroatoms. The van der Waals surface area contributed by atoms with E-state index in [9.17, 15) is 0 Å². The van der Waals surface area contributed by atoms with Crippen LogP contribution in [0.1, 0.15) is 0 Å². The maximum absolute atomic E-state index is 8.62. The number of hydrogen-bond donors (Lipinski definition) is 2. The van der Waals surface area contributed by atoms with Crippen LogP contribution in [0.25, 0.3) is 0 Å². The van der Waals surface area contributed by atoms with E-state index in [2.05, 4.69) is 0 Å². The number of allylic oxidation sites excluding steroid dienone is 3. The minimum Gasteiger partial charge on any atom is -0.496 e. The van der Waals surface area contributed by atoms with Gasteiger partial charge in [0.1, 0.15) is 5.76 Å². The second-order valence-corrected chi connectivity index (χ2v) is 2.79. The molecule has 0 heterocycles. The number of aliphatic hydroxyl groups excluding tert-OH is 1. The van der Waals surface area contributed by atoms with E-state index in [-0.39, 0.29) is 17.1 Å². The molecular formula is C12H13FeO3-. The zero-order chi connectivity index (χ0) is 11.1. The van der Waals surface area contributed by atoms with Gasteiger partial charge in [-0.2, -0.15) is 18.2 Å². The summed E-state index contributed by atoms with van der Waals surface area (Å²) in [5.41, 5.74) is 0.322. The molecule has 0 fully saturated rings. The molecule has 3 nitrogen and oxygen atoms in total. The van der Waals surface area contributed by atoms with Gasteiger partial charge in [-0.25, -0.2) is 12.1 Å². The normalized spacial score (nSPS) is 12.1. The Kier molecular flexibility index (Phi) is 7.01. The third-order valence-corrected chi connectivity index (χ3v) is 1.79. The van der Waals surface area contributed by atoms with Gasteiger partial charge < -0.3 is 14.9 Å². The average molecular weight is 261 g/mol. The van der Waals surface area contributed by atoms with Crippen LogP contribution in [0.2, 0.25) is 0 Å².